The van der Waals surface area contributed by atoms with Gasteiger partial charge in [0.1, 0.15) is 30.1 Å². The van der Waals surface area contributed by atoms with Gasteiger partial charge in [0, 0.05) is 13.1 Å². The Balaban J connectivity index is 0.00000280. The van der Waals surface area contributed by atoms with E-state index in [0.29, 0.717) is 30.3 Å². The van der Waals surface area contributed by atoms with E-state index in [9.17, 15) is 5.11 Å². The van der Waals surface area contributed by atoms with E-state index >= 15 is 0 Å². The van der Waals surface area contributed by atoms with Crippen LogP contribution in [0.4, 0.5) is 0 Å². The molecule has 0 aliphatic rings. The Bertz CT molecular complexity index is 858. The summed E-state index contributed by atoms with van der Waals surface area (Å²) in [5.41, 5.74) is 1.67. The molecule has 28 heavy (non-hydrogen) atoms. The summed E-state index contributed by atoms with van der Waals surface area (Å²) in [7, 11) is 1.62. The molecule has 0 spiro atoms. The summed E-state index contributed by atoms with van der Waals surface area (Å²) in [5, 5.41) is 13.3. The molecule has 2 unspecified atom stereocenters. The number of hydrogen-bond acceptors (Lipinski definition) is 6. The van der Waals surface area contributed by atoms with Crippen molar-refractivity contribution in [3.63, 3.8) is 0 Å². The number of aromatic amines is 1. The highest BCUT2D eigenvalue weighted by molar-refractivity contribution is 5.85. The molecule has 0 amide bonds. The first-order valence-electron chi connectivity index (χ1n) is 8.90. The van der Waals surface area contributed by atoms with Crippen LogP contribution >= 0.6 is 12.4 Å². The molecular weight excluding hydrogens is 382 g/mol. The van der Waals surface area contributed by atoms with Gasteiger partial charge in [0.25, 0.3) is 0 Å². The number of benzene rings is 2. The highest BCUT2D eigenvalue weighted by Crippen LogP contribution is 2.26. The molecule has 3 rings (SSSR count). The van der Waals surface area contributed by atoms with Crippen LogP contribution in [-0.2, 0) is 0 Å². The summed E-state index contributed by atoms with van der Waals surface area (Å²) < 4.78 is 16.9. The summed E-state index contributed by atoms with van der Waals surface area (Å²) in [6.07, 6.45) is 0.906. The van der Waals surface area contributed by atoms with Crippen LogP contribution in [0.5, 0.6) is 17.2 Å². The number of ether oxygens (including phenoxy) is 3. The lowest BCUT2D eigenvalue weighted by atomic mass is 10.3. The Labute approximate surface area is 170 Å². The van der Waals surface area contributed by atoms with Crippen molar-refractivity contribution in [1.82, 2.24) is 15.3 Å². The molecule has 1 heterocycles. The van der Waals surface area contributed by atoms with E-state index in [1.807, 2.05) is 49.4 Å². The number of nitrogens with zero attached hydrogens (tertiary/aromatic N) is 1. The third kappa shape index (κ3) is 5.76. The molecule has 0 radical (unpaired) electrons. The Morgan fingerprint density at radius 1 is 1.07 bits per heavy atom. The van der Waals surface area contributed by atoms with E-state index < -0.39 is 6.10 Å². The van der Waals surface area contributed by atoms with Crippen LogP contribution in [-0.4, -0.2) is 54.1 Å². The maximum Gasteiger partial charge on any atom is 0.161 e. The van der Waals surface area contributed by atoms with E-state index in [1.165, 1.54) is 0 Å². The molecule has 1 aromatic heterocycles. The Kier molecular flexibility index (Phi) is 8.38. The van der Waals surface area contributed by atoms with Crippen molar-refractivity contribution in [2.75, 3.05) is 26.8 Å². The summed E-state index contributed by atoms with van der Waals surface area (Å²) in [6.45, 7) is 3.13. The number of nitrogens with one attached hydrogen (secondary N) is 2. The first kappa shape index (κ1) is 21.8. The summed E-state index contributed by atoms with van der Waals surface area (Å²) in [6, 6.07) is 13.2. The monoisotopic (exact) mass is 407 g/mol. The van der Waals surface area contributed by atoms with Crippen molar-refractivity contribution in [2.24, 2.45) is 0 Å². The van der Waals surface area contributed by atoms with Gasteiger partial charge in [-0.2, -0.15) is 0 Å². The van der Waals surface area contributed by atoms with Gasteiger partial charge in [-0.25, -0.2) is 4.98 Å². The van der Waals surface area contributed by atoms with Crippen LogP contribution in [0, 0.1) is 0 Å². The molecule has 7 nitrogen and oxygen atoms in total. The van der Waals surface area contributed by atoms with Crippen LogP contribution in [0.3, 0.4) is 0 Å². The lowest BCUT2D eigenvalue weighted by Gasteiger charge is -2.18. The predicted molar refractivity (Wildman–Crippen MR) is 111 cm³/mol. The number of methoxy groups -OCH3 is 1. The second-order valence-electron chi connectivity index (χ2n) is 6.26. The normalized spacial score (nSPS) is 12.8. The van der Waals surface area contributed by atoms with Gasteiger partial charge in [-0.1, -0.05) is 18.2 Å². The highest BCUT2D eigenvalue weighted by atomic mass is 35.5. The van der Waals surface area contributed by atoms with Crippen LogP contribution in [0.1, 0.15) is 6.92 Å². The van der Waals surface area contributed by atoms with E-state index in [-0.39, 0.29) is 25.1 Å². The van der Waals surface area contributed by atoms with Gasteiger partial charge in [-0.3, -0.25) is 0 Å². The van der Waals surface area contributed by atoms with Gasteiger partial charge in [-0.15, -0.1) is 12.4 Å². The van der Waals surface area contributed by atoms with E-state index in [1.54, 1.807) is 13.4 Å². The van der Waals surface area contributed by atoms with E-state index in [2.05, 4.69) is 15.3 Å². The maximum atomic E-state index is 10.1. The highest BCUT2D eigenvalue weighted by Gasteiger charge is 2.11. The molecule has 8 heteroatoms. The lowest BCUT2D eigenvalue weighted by Crippen LogP contribution is -2.36. The number of aliphatic hydroxyl groups excluding tert-OH is 1. The van der Waals surface area contributed by atoms with Crippen LogP contribution < -0.4 is 19.5 Å². The Hall–Kier alpha value is -2.48. The van der Waals surface area contributed by atoms with Gasteiger partial charge in [0.15, 0.2) is 11.5 Å². The molecular formula is C20H26ClN3O4. The van der Waals surface area contributed by atoms with Crippen molar-refractivity contribution in [1.29, 1.82) is 0 Å². The van der Waals surface area contributed by atoms with Gasteiger partial charge < -0.3 is 29.6 Å². The molecule has 152 valence electrons. The minimum absolute atomic E-state index is 0. The average molecular weight is 408 g/mol. The molecule has 0 bridgehead atoms. The average Bonchev–Trinajstić information content (AvgIpc) is 3.16. The largest absolute Gasteiger partial charge is 0.493 e. The zero-order valence-corrected chi connectivity index (χ0v) is 16.7. The van der Waals surface area contributed by atoms with Crippen LogP contribution in [0.15, 0.2) is 48.8 Å². The van der Waals surface area contributed by atoms with Crippen molar-refractivity contribution in [3.05, 3.63) is 48.8 Å². The summed E-state index contributed by atoms with van der Waals surface area (Å²) >= 11 is 0. The van der Waals surface area contributed by atoms with Gasteiger partial charge >= 0.3 is 0 Å². The van der Waals surface area contributed by atoms with E-state index in [0.717, 1.165) is 11.0 Å². The second-order valence-corrected chi connectivity index (χ2v) is 6.26. The van der Waals surface area contributed by atoms with E-state index in [4.69, 9.17) is 14.2 Å². The van der Waals surface area contributed by atoms with Crippen LogP contribution in [0.25, 0.3) is 11.0 Å². The second kappa shape index (κ2) is 10.8. The molecule has 0 fully saturated rings. The van der Waals surface area contributed by atoms with Gasteiger partial charge in [0.05, 0.1) is 19.0 Å². The molecule has 3 aromatic rings. The predicted octanol–water partition coefficient (Wildman–Crippen LogP) is 2.79. The fourth-order valence-electron chi connectivity index (χ4n) is 2.73. The number of halogens is 1. The fraction of sp³-hybridized carbons (Fsp3) is 0.350. The number of para-hydroxylation sites is 3. The van der Waals surface area contributed by atoms with Crippen molar-refractivity contribution >= 4 is 23.4 Å². The zero-order chi connectivity index (χ0) is 19.1. The Morgan fingerprint density at radius 3 is 2.61 bits per heavy atom. The number of rotatable bonds is 10. The third-order valence-corrected chi connectivity index (χ3v) is 4.05. The molecule has 2 atom stereocenters. The summed E-state index contributed by atoms with van der Waals surface area (Å²) in [5.74, 6) is 2.05. The number of fused-ring (bicyclic) bond motifs is 1. The standard InChI is InChI=1S/C20H25N3O4.ClH/c1-14(27-18-8-4-3-7-17(18)25-2)10-21-11-15(24)12-26-19-9-5-6-16-20(19)23-13-22-16;/h3-9,13-15,21,24H,10-12H2,1-2H3,(H,22,23);1H. The minimum Gasteiger partial charge on any atom is -0.493 e. The SMILES string of the molecule is COc1ccccc1OC(C)CNCC(O)COc1cccc2[nH]cnc12.Cl. The Morgan fingerprint density at radius 2 is 1.82 bits per heavy atom. The number of aromatic nitrogens is 2. The minimum atomic E-state index is -0.641. The smallest absolute Gasteiger partial charge is 0.161 e. The number of hydrogen-bond donors (Lipinski definition) is 3. The number of imidazole rings is 1. The molecule has 0 aliphatic carbocycles. The molecule has 0 saturated heterocycles. The van der Waals surface area contributed by atoms with Crippen molar-refractivity contribution in [2.45, 2.75) is 19.1 Å². The summed E-state index contributed by atoms with van der Waals surface area (Å²) in [4.78, 5) is 7.26. The quantitative estimate of drug-likeness (QED) is 0.479. The van der Waals surface area contributed by atoms with Gasteiger partial charge in [-0.05, 0) is 31.2 Å². The topological polar surface area (TPSA) is 88.6 Å². The lowest BCUT2D eigenvalue weighted by molar-refractivity contribution is 0.103. The molecule has 0 aliphatic heterocycles. The number of aliphatic hydroxyl groups is 1. The number of H-pyrrole nitrogens is 1. The zero-order valence-electron chi connectivity index (χ0n) is 15.9. The molecule has 0 saturated carbocycles. The fourth-order valence-corrected chi connectivity index (χ4v) is 2.73. The van der Waals surface area contributed by atoms with Crippen molar-refractivity contribution in [3.8, 4) is 17.2 Å². The first-order chi connectivity index (χ1) is 13.2. The maximum absolute atomic E-state index is 10.1. The van der Waals surface area contributed by atoms with Crippen LogP contribution in [0.2, 0.25) is 0 Å². The molecule has 3 N–H and O–H groups in total. The van der Waals surface area contributed by atoms with Gasteiger partial charge in [0.2, 0.25) is 0 Å². The molecule has 2 aromatic carbocycles. The van der Waals surface area contributed by atoms with Crippen molar-refractivity contribution < 1.29 is 19.3 Å². The third-order valence-electron chi connectivity index (χ3n) is 4.05. The first-order valence-corrected chi connectivity index (χ1v) is 8.90.